The lowest BCUT2D eigenvalue weighted by Crippen LogP contribution is -2.00. The molecule has 2 nitrogen and oxygen atoms in total. The highest BCUT2D eigenvalue weighted by Crippen LogP contribution is 2.27. The Morgan fingerprint density at radius 3 is 2.40 bits per heavy atom. The van der Waals surface area contributed by atoms with Gasteiger partial charge in [0.2, 0.25) is 0 Å². The van der Waals surface area contributed by atoms with Gasteiger partial charge in [-0.05, 0) is 36.8 Å². The van der Waals surface area contributed by atoms with Crippen molar-refractivity contribution in [2.75, 3.05) is 0 Å². The molecule has 106 valence electrons. The van der Waals surface area contributed by atoms with Gasteiger partial charge in [0.25, 0.3) is 0 Å². The molecule has 0 spiro atoms. The summed E-state index contributed by atoms with van der Waals surface area (Å²) in [6, 6.07) is 9.44. The number of aliphatic hydroxyl groups excluding tert-OH is 1. The van der Waals surface area contributed by atoms with Gasteiger partial charge in [-0.1, -0.05) is 35.3 Å². The van der Waals surface area contributed by atoms with Gasteiger partial charge in [0, 0.05) is 15.6 Å². The van der Waals surface area contributed by atoms with Gasteiger partial charge in [0.1, 0.15) is 6.61 Å². The Morgan fingerprint density at radius 2 is 1.85 bits per heavy atom. The highest BCUT2D eigenvalue weighted by Gasteiger charge is 2.10. The van der Waals surface area contributed by atoms with E-state index in [2.05, 4.69) is 0 Å². The van der Waals surface area contributed by atoms with Gasteiger partial charge in [-0.25, -0.2) is 4.39 Å². The second-order valence-corrected chi connectivity index (χ2v) is 5.17. The summed E-state index contributed by atoms with van der Waals surface area (Å²) >= 11 is 12.0. The van der Waals surface area contributed by atoms with Gasteiger partial charge in [-0.15, -0.1) is 0 Å². The van der Waals surface area contributed by atoms with Gasteiger partial charge >= 0.3 is 0 Å². The number of aliphatic hydroxyl groups is 1. The minimum absolute atomic E-state index is 0.0729. The third kappa shape index (κ3) is 3.42. The van der Waals surface area contributed by atoms with Crippen molar-refractivity contribution in [2.45, 2.75) is 19.6 Å². The maximum atomic E-state index is 13.8. The second kappa shape index (κ2) is 6.44. The molecule has 0 aliphatic heterocycles. The quantitative estimate of drug-likeness (QED) is 0.881. The largest absolute Gasteiger partial charge is 0.486 e. The lowest BCUT2D eigenvalue weighted by molar-refractivity contribution is 0.198. The van der Waals surface area contributed by atoms with Crippen molar-refractivity contribution in [1.82, 2.24) is 0 Å². The van der Waals surface area contributed by atoms with Crippen molar-refractivity contribution in [3.63, 3.8) is 0 Å². The Labute approximate surface area is 126 Å². The zero-order chi connectivity index (χ0) is 14.7. The molecular formula is C15H13Cl2FO2. The van der Waals surface area contributed by atoms with Crippen LogP contribution in [0.3, 0.4) is 0 Å². The van der Waals surface area contributed by atoms with Crippen LogP contribution in [0.1, 0.15) is 24.2 Å². The maximum absolute atomic E-state index is 13.8. The molecule has 0 amide bonds. The summed E-state index contributed by atoms with van der Waals surface area (Å²) in [7, 11) is 0. The third-order valence-corrected chi connectivity index (χ3v) is 3.58. The smallest absolute Gasteiger partial charge is 0.165 e. The summed E-state index contributed by atoms with van der Waals surface area (Å²) < 4.78 is 19.2. The van der Waals surface area contributed by atoms with Crippen LogP contribution in [0.15, 0.2) is 36.4 Å². The minimum atomic E-state index is -0.725. The van der Waals surface area contributed by atoms with Crippen molar-refractivity contribution >= 4 is 23.2 Å². The molecule has 2 rings (SSSR count). The first-order valence-electron chi connectivity index (χ1n) is 6.02. The van der Waals surface area contributed by atoms with Crippen LogP contribution >= 0.6 is 23.2 Å². The Bertz CT molecular complexity index is 595. The second-order valence-electron chi connectivity index (χ2n) is 4.35. The fourth-order valence-corrected chi connectivity index (χ4v) is 2.22. The molecule has 5 heteroatoms. The van der Waals surface area contributed by atoms with Gasteiger partial charge in [-0.3, -0.25) is 0 Å². The molecule has 1 atom stereocenters. The molecular weight excluding hydrogens is 302 g/mol. The molecule has 0 fully saturated rings. The lowest BCUT2D eigenvalue weighted by atomic mass is 10.1. The monoisotopic (exact) mass is 314 g/mol. The van der Waals surface area contributed by atoms with Crippen molar-refractivity contribution < 1.29 is 14.2 Å². The zero-order valence-corrected chi connectivity index (χ0v) is 12.2. The van der Waals surface area contributed by atoms with Crippen LogP contribution in [-0.2, 0) is 6.61 Å². The first-order chi connectivity index (χ1) is 9.49. The first-order valence-corrected chi connectivity index (χ1v) is 6.78. The number of hydrogen-bond acceptors (Lipinski definition) is 2. The van der Waals surface area contributed by atoms with Gasteiger partial charge < -0.3 is 9.84 Å². The fraction of sp³-hybridized carbons (Fsp3) is 0.200. The summed E-state index contributed by atoms with van der Waals surface area (Å²) in [4.78, 5) is 0. The van der Waals surface area contributed by atoms with Crippen LogP contribution in [0.25, 0.3) is 0 Å². The van der Waals surface area contributed by atoms with E-state index in [9.17, 15) is 9.50 Å². The van der Waals surface area contributed by atoms with E-state index in [1.807, 2.05) is 0 Å². The van der Waals surface area contributed by atoms with Crippen LogP contribution < -0.4 is 4.74 Å². The van der Waals surface area contributed by atoms with Crippen LogP contribution in [0.4, 0.5) is 4.39 Å². The predicted molar refractivity (Wildman–Crippen MR) is 77.8 cm³/mol. The molecule has 20 heavy (non-hydrogen) atoms. The average molecular weight is 315 g/mol. The number of hydrogen-bond donors (Lipinski definition) is 1. The molecule has 1 N–H and O–H groups in total. The van der Waals surface area contributed by atoms with E-state index in [1.54, 1.807) is 31.2 Å². The molecule has 0 unspecified atom stereocenters. The first kappa shape index (κ1) is 15.1. The Kier molecular flexibility index (Phi) is 4.86. The highest BCUT2D eigenvalue weighted by molar-refractivity contribution is 6.35. The fourth-order valence-electron chi connectivity index (χ4n) is 1.71. The van der Waals surface area contributed by atoms with Crippen LogP contribution in [0, 0.1) is 5.82 Å². The van der Waals surface area contributed by atoms with E-state index >= 15 is 0 Å². The van der Waals surface area contributed by atoms with E-state index in [1.165, 1.54) is 12.1 Å². The molecule has 0 heterocycles. The van der Waals surface area contributed by atoms with Gasteiger partial charge in [0.05, 0.1) is 6.10 Å². The molecule has 0 aliphatic rings. The van der Waals surface area contributed by atoms with E-state index < -0.39 is 11.9 Å². The van der Waals surface area contributed by atoms with E-state index in [4.69, 9.17) is 27.9 Å². The molecule has 2 aromatic carbocycles. The summed E-state index contributed by atoms with van der Waals surface area (Å²) in [5.41, 5.74) is 1.10. The van der Waals surface area contributed by atoms with E-state index in [0.29, 0.717) is 21.2 Å². The van der Waals surface area contributed by atoms with Crippen LogP contribution in [0.5, 0.6) is 5.75 Å². The summed E-state index contributed by atoms with van der Waals surface area (Å²) in [5.74, 6) is -0.447. The molecule has 0 aliphatic carbocycles. The molecule has 2 aromatic rings. The molecule has 0 aromatic heterocycles. The summed E-state index contributed by atoms with van der Waals surface area (Å²) in [6.45, 7) is 1.64. The van der Waals surface area contributed by atoms with Crippen molar-refractivity contribution in [3.05, 3.63) is 63.4 Å². The SMILES string of the molecule is C[C@H](O)c1ccc(OCc2c(Cl)cccc2Cl)c(F)c1. The standard InChI is InChI=1S/C15H13Cl2FO2/c1-9(19)10-5-6-15(14(18)7-10)20-8-11-12(16)3-2-4-13(11)17/h2-7,9,19H,8H2,1H3/t9-/m0/s1. The average Bonchev–Trinajstić information content (AvgIpc) is 2.39. The minimum Gasteiger partial charge on any atom is -0.486 e. The van der Waals surface area contributed by atoms with E-state index in [-0.39, 0.29) is 12.4 Å². The number of halogens is 3. The van der Waals surface area contributed by atoms with Crippen molar-refractivity contribution in [1.29, 1.82) is 0 Å². The summed E-state index contributed by atoms with van der Waals surface area (Å²) in [5, 5.41) is 10.3. The van der Waals surface area contributed by atoms with E-state index in [0.717, 1.165) is 0 Å². The number of ether oxygens (including phenoxy) is 1. The molecule has 0 saturated heterocycles. The van der Waals surface area contributed by atoms with Gasteiger partial charge in [-0.2, -0.15) is 0 Å². The Balaban J connectivity index is 2.15. The summed E-state index contributed by atoms with van der Waals surface area (Å²) in [6.07, 6.45) is -0.725. The molecule has 0 radical (unpaired) electrons. The number of rotatable bonds is 4. The molecule has 0 bridgehead atoms. The van der Waals surface area contributed by atoms with Gasteiger partial charge in [0.15, 0.2) is 11.6 Å². The Hall–Kier alpha value is -1.29. The maximum Gasteiger partial charge on any atom is 0.165 e. The normalized spacial score (nSPS) is 12.2. The lowest BCUT2D eigenvalue weighted by Gasteiger charge is -2.11. The van der Waals surface area contributed by atoms with Crippen molar-refractivity contribution in [3.8, 4) is 5.75 Å². The highest BCUT2D eigenvalue weighted by atomic mass is 35.5. The topological polar surface area (TPSA) is 29.5 Å². The third-order valence-electron chi connectivity index (χ3n) is 2.87. The predicted octanol–water partition coefficient (Wildman–Crippen LogP) is 4.76. The zero-order valence-electron chi connectivity index (χ0n) is 10.7. The Morgan fingerprint density at radius 1 is 1.20 bits per heavy atom. The van der Waals surface area contributed by atoms with Crippen LogP contribution in [0.2, 0.25) is 10.0 Å². The van der Waals surface area contributed by atoms with Crippen molar-refractivity contribution in [2.24, 2.45) is 0 Å². The van der Waals surface area contributed by atoms with Crippen LogP contribution in [-0.4, -0.2) is 5.11 Å². The molecule has 0 saturated carbocycles. The number of benzene rings is 2.